The van der Waals surface area contributed by atoms with Crippen molar-refractivity contribution in [1.82, 2.24) is 25.1 Å². The van der Waals surface area contributed by atoms with Crippen molar-refractivity contribution >= 4 is 56.0 Å². The van der Waals surface area contributed by atoms with E-state index in [9.17, 15) is 9.90 Å². The van der Waals surface area contributed by atoms with Crippen molar-refractivity contribution in [2.75, 3.05) is 63.6 Å². The third-order valence-electron chi connectivity index (χ3n) is 5.41. The molecule has 0 atom stereocenters. The fraction of sp³-hybridized carbons (Fsp3) is 0.381. The number of piperazine rings is 1. The van der Waals surface area contributed by atoms with Crippen LogP contribution in [0.25, 0.3) is 10.3 Å². The van der Waals surface area contributed by atoms with Crippen LogP contribution in [-0.4, -0.2) is 84.3 Å². The summed E-state index contributed by atoms with van der Waals surface area (Å²) in [4.78, 5) is 28.4. The number of carbonyl (C=O) groups is 1. The summed E-state index contributed by atoms with van der Waals surface area (Å²) in [6.45, 7) is 5.56. The number of likely N-dealkylation sites (N-methyl/N-ethyl adjacent to an activating group) is 1. The number of rotatable bonds is 6. The quantitative estimate of drug-likeness (QED) is 0.503. The summed E-state index contributed by atoms with van der Waals surface area (Å²) in [5.41, 5.74) is 1.28. The van der Waals surface area contributed by atoms with Gasteiger partial charge in [-0.05, 0) is 31.3 Å². The molecule has 3 N–H and O–H groups in total. The second kappa shape index (κ2) is 9.86. The number of fused-ring (bicyclic) bond motifs is 1. The molecule has 0 radical (unpaired) electrons. The minimum atomic E-state index is -0.276. The van der Waals surface area contributed by atoms with E-state index in [1.165, 1.54) is 17.4 Å². The zero-order valence-electron chi connectivity index (χ0n) is 18.0. The van der Waals surface area contributed by atoms with Gasteiger partial charge in [0.1, 0.15) is 21.9 Å². The summed E-state index contributed by atoms with van der Waals surface area (Å²) < 4.78 is 0. The van der Waals surface area contributed by atoms with E-state index < -0.39 is 0 Å². The molecule has 32 heavy (non-hydrogen) atoms. The standard InChI is InChI=1S/C21H26ClN7O2S/c1-27-9-11-29(12-10-27)8-7-23-20(31)26-21-24-15-4-6-18(25-19(15)32-21)28(2)16-5-3-14(22)13-17(16)30/h3-6,13,30H,7-12H2,1-2H3,(H2,23,24,26,31). The van der Waals surface area contributed by atoms with Gasteiger partial charge in [-0.15, -0.1) is 0 Å². The van der Waals surface area contributed by atoms with E-state index in [4.69, 9.17) is 11.6 Å². The fourth-order valence-corrected chi connectivity index (χ4v) is 4.49. The minimum absolute atomic E-state index is 0.0711. The highest BCUT2D eigenvalue weighted by molar-refractivity contribution is 7.22. The van der Waals surface area contributed by atoms with Gasteiger partial charge >= 0.3 is 6.03 Å². The van der Waals surface area contributed by atoms with E-state index >= 15 is 0 Å². The molecule has 0 saturated carbocycles. The van der Waals surface area contributed by atoms with Crippen molar-refractivity contribution in [2.45, 2.75) is 0 Å². The van der Waals surface area contributed by atoms with Gasteiger partial charge in [-0.2, -0.15) is 0 Å². The number of phenols is 1. The predicted octanol–water partition coefficient (Wildman–Crippen LogP) is 3.19. The Hall–Kier alpha value is -2.66. The molecule has 1 aromatic carbocycles. The lowest BCUT2D eigenvalue weighted by molar-refractivity contribution is 0.155. The van der Waals surface area contributed by atoms with Crippen LogP contribution in [-0.2, 0) is 0 Å². The Morgan fingerprint density at radius 3 is 2.75 bits per heavy atom. The Balaban J connectivity index is 1.35. The number of carbonyl (C=O) groups excluding carboxylic acids is 1. The first-order valence-corrected chi connectivity index (χ1v) is 11.5. The average molecular weight is 476 g/mol. The molecular weight excluding hydrogens is 450 g/mol. The predicted molar refractivity (Wildman–Crippen MR) is 130 cm³/mol. The Morgan fingerprint density at radius 1 is 1.22 bits per heavy atom. The number of halogens is 1. The summed E-state index contributed by atoms with van der Waals surface area (Å²) in [5, 5.41) is 16.8. The topological polar surface area (TPSA) is 96.9 Å². The van der Waals surface area contributed by atoms with Gasteiger partial charge < -0.3 is 20.2 Å². The van der Waals surface area contributed by atoms with Crippen LogP contribution in [0.4, 0.5) is 21.4 Å². The summed E-state index contributed by atoms with van der Waals surface area (Å²) >= 11 is 7.22. The third kappa shape index (κ3) is 5.39. The summed E-state index contributed by atoms with van der Waals surface area (Å²) in [6.07, 6.45) is 0. The second-order valence-electron chi connectivity index (χ2n) is 7.73. The van der Waals surface area contributed by atoms with Crippen LogP contribution in [0.5, 0.6) is 5.75 Å². The maximum absolute atomic E-state index is 12.3. The van der Waals surface area contributed by atoms with Crippen molar-refractivity contribution < 1.29 is 9.90 Å². The molecule has 0 unspecified atom stereocenters. The molecule has 1 saturated heterocycles. The Kier molecular flexibility index (Phi) is 6.95. The van der Waals surface area contributed by atoms with Crippen LogP contribution < -0.4 is 15.5 Å². The molecule has 2 amide bonds. The smallest absolute Gasteiger partial charge is 0.321 e. The van der Waals surface area contributed by atoms with Crippen LogP contribution >= 0.6 is 22.9 Å². The number of anilines is 3. The molecular formula is C21H26ClN7O2S. The van der Waals surface area contributed by atoms with Crippen molar-refractivity contribution in [2.24, 2.45) is 0 Å². The van der Waals surface area contributed by atoms with Crippen molar-refractivity contribution in [1.29, 1.82) is 0 Å². The maximum Gasteiger partial charge on any atom is 0.321 e. The van der Waals surface area contributed by atoms with Crippen molar-refractivity contribution in [3.63, 3.8) is 0 Å². The van der Waals surface area contributed by atoms with E-state index in [2.05, 4.69) is 37.4 Å². The average Bonchev–Trinajstić information content (AvgIpc) is 3.16. The SMILES string of the molecule is CN1CCN(CCNC(=O)Nc2nc3ccc(N(C)c4ccc(Cl)cc4O)nc3s2)CC1. The van der Waals surface area contributed by atoms with Crippen LogP contribution in [0, 0.1) is 0 Å². The minimum Gasteiger partial charge on any atom is -0.506 e. The van der Waals surface area contributed by atoms with Gasteiger partial charge in [0.25, 0.3) is 0 Å². The maximum atomic E-state index is 12.3. The molecule has 0 spiro atoms. The molecule has 1 aliphatic rings. The van der Waals surface area contributed by atoms with E-state index in [1.54, 1.807) is 17.0 Å². The normalized spacial score (nSPS) is 15.1. The highest BCUT2D eigenvalue weighted by Crippen LogP contribution is 2.34. The number of hydrogen-bond acceptors (Lipinski definition) is 8. The number of thiazole rings is 1. The van der Waals surface area contributed by atoms with Gasteiger partial charge in [0.05, 0.1) is 5.69 Å². The van der Waals surface area contributed by atoms with E-state index in [0.29, 0.717) is 38.6 Å². The number of benzene rings is 1. The van der Waals surface area contributed by atoms with Gasteiger partial charge in [0, 0.05) is 57.4 Å². The van der Waals surface area contributed by atoms with E-state index in [1.807, 2.05) is 19.2 Å². The number of hydrogen-bond donors (Lipinski definition) is 3. The molecule has 9 nitrogen and oxygen atoms in total. The molecule has 0 aliphatic carbocycles. The number of aromatic hydroxyl groups is 1. The first kappa shape index (κ1) is 22.5. The zero-order valence-corrected chi connectivity index (χ0v) is 19.6. The number of nitrogens with one attached hydrogen (secondary N) is 2. The molecule has 0 bridgehead atoms. The fourth-order valence-electron chi connectivity index (χ4n) is 3.49. The Labute approximate surface area is 195 Å². The molecule has 2 aromatic heterocycles. The molecule has 11 heteroatoms. The molecule has 170 valence electrons. The largest absolute Gasteiger partial charge is 0.506 e. The number of pyridine rings is 1. The summed E-state index contributed by atoms with van der Waals surface area (Å²) in [5.74, 6) is 0.712. The zero-order chi connectivity index (χ0) is 22.7. The number of nitrogens with zero attached hydrogens (tertiary/aromatic N) is 5. The number of phenolic OH excluding ortho intramolecular Hbond substituents is 1. The van der Waals surface area contributed by atoms with Gasteiger partial charge in [-0.1, -0.05) is 22.9 Å². The number of amides is 2. The lowest BCUT2D eigenvalue weighted by atomic mass is 10.2. The van der Waals surface area contributed by atoms with Gasteiger partial charge in [0.15, 0.2) is 5.13 Å². The highest BCUT2D eigenvalue weighted by atomic mass is 35.5. The third-order valence-corrected chi connectivity index (χ3v) is 6.53. The lowest BCUT2D eigenvalue weighted by Gasteiger charge is -2.32. The highest BCUT2D eigenvalue weighted by Gasteiger charge is 2.15. The Bertz CT molecular complexity index is 1100. The van der Waals surface area contributed by atoms with E-state index in [0.717, 1.165) is 32.7 Å². The molecule has 4 rings (SSSR count). The van der Waals surface area contributed by atoms with Crippen LogP contribution in [0.1, 0.15) is 0 Å². The van der Waals surface area contributed by atoms with Crippen molar-refractivity contribution in [3.8, 4) is 5.75 Å². The lowest BCUT2D eigenvalue weighted by Crippen LogP contribution is -2.47. The first-order valence-electron chi connectivity index (χ1n) is 10.3. The second-order valence-corrected chi connectivity index (χ2v) is 9.14. The van der Waals surface area contributed by atoms with Crippen LogP contribution in [0.3, 0.4) is 0 Å². The van der Waals surface area contributed by atoms with Gasteiger partial charge in [0.2, 0.25) is 0 Å². The van der Waals surface area contributed by atoms with Gasteiger partial charge in [-0.3, -0.25) is 10.2 Å². The van der Waals surface area contributed by atoms with Crippen LogP contribution in [0.2, 0.25) is 5.02 Å². The number of aromatic nitrogens is 2. The molecule has 3 heterocycles. The molecule has 1 fully saturated rings. The molecule has 1 aliphatic heterocycles. The molecule has 3 aromatic rings. The van der Waals surface area contributed by atoms with Crippen LogP contribution in [0.15, 0.2) is 30.3 Å². The van der Waals surface area contributed by atoms with E-state index in [-0.39, 0.29) is 11.8 Å². The van der Waals surface area contributed by atoms with Crippen molar-refractivity contribution in [3.05, 3.63) is 35.4 Å². The summed E-state index contributed by atoms with van der Waals surface area (Å²) in [6, 6.07) is 8.31. The monoisotopic (exact) mass is 475 g/mol. The van der Waals surface area contributed by atoms with Gasteiger partial charge in [-0.25, -0.2) is 14.8 Å². The summed E-state index contributed by atoms with van der Waals surface area (Å²) in [7, 11) is 3.93. The number of urea groups is 1. The Morgan fingerprint density at radius 2 is 2.00 bits per heavy atom. The first-order chi connectivity index (χ1) is 15.4.